The molecule has 0 aromatic carbocycles. The lowest BCUT2D eigenvalue weighted by molar-refractivity contribution is -0.472. The number of alkyl halides is 11. The summed E-state index contributed by atoms with van der Waals surface area (Å²) in [5.74, 6) is -17.6. The molecule has 2 N–H and O–H groups in total. The summed E-state index contributed by atoms with van der Waals surface area (Å²) in [6.07, 6.45) is -23.0. The fourth-order valence-corrected chi connectivity index (χ4v) is 2.25. The van der Waals surface area contributed by atoms with Crippen LogP contribution in [0.5, 0.6) is 0 Å². The predicted octanol–water partition coefficient (Wildman–Crippen LogP) is 4.40. The highest BCUT2D eigenvalue weighted by molar-refractivity contribution is 5.86. The third-order valence-corrected chi connectivity index (χ3v) is 4.01. The smallest absolute Gasteiger partial charge is 0.378 e. The monoisotopic (exact) mass is 545 g/mol. The summed E-state index contributed by atoms with van der Waals surface area (Å²) in [4.78, 5) is 11.7. The number of nitrogens with two attached hydrogens (primary N) is 1. The number of hydrogen-bond donors (Lipinski definition) is 1. The maximum atomic E-state index is 14.2. The van der Waals surface area contributed by atoms with Gasteiger partial charge >= 0.3 is 30.2 Å². The van der Waals surface area contributed by atoms with Crippen molar-refractivity contribution >= 4 is 5.78 Å². The van der Waals surface area contributed by atoms with Crippen LogP contribution in [-0.4, -0.2) is 81.2 Å². The number of Topliss-reactive ketones (excluding diaryl/α,β-unsaturated/α-hetero) is 1. The summed E-state index contributed by atoms with van der Waals surface area (Å²) >= 11 is 0. The molecule has 0 heterocycles. The molecule has 35 heavy (non-hydrogen) atoms. The van der Waals surface area contributed by atoms with E-state index in [0.717, 1.165) is 6.92 Å². The second-order valence-electron chi connectivity index (χ2n) is 7.79. The number of halogens is 11. The molecule has 0 radical (unpaired) electrons. The molecule has 0 amide bonds. The van der Waals surface area contributed by atoms with Crippen molar-refractivity contribution in [3.63, 3.8) is 0 Å². The van der Waals surface area contributed by atoms with E-state index < -0.39 is 61.1 Å². The first-order valence-electron chi connectivity index (χ1n) is 9.92. The van der Waals surface area contributed by atoms with Crippen molar-refractivity contribution in [2.24, 2.45) is 11.7 Å². The van der Waals surface area contributed by atoms with Gasteiger partial charge in [-0.25, -0.2) is 0 Å². The summed E-state index contributed by atoms with van der Waals surface area (Å²) in [6, 6.07) is -0.196. The molecule has 0 aromatic rings. The van der Waals surface area contributed by atoms with Crippen molar-refractivity contribution in [2.45, 2.75) is 69.6 Å². The van der Waals surface area contributed by atoms with Crippen molar-refractivity contribution in [1.82, 2.24) is 0 Å². The van der Waals surface area contributed by atoms with Gasteiger partial charge in [0.2, 0.25) is 5.78 Å². The van der Waals surface area contributed by atoms with Crippen molar-refractivity contribution in [3.8, 4) is 0 Å². The number of rotatable bonds is 16. The van der Waals surface area contributed by atoms with E-state index in [1.807, 2.05) is 0 Å². The van der Waals surface area contributed by atoms with Gasteiger partial charge in [-0.3, -0.25) is 9.53 Å². The fraction of sp³-hybridized carbons (Fsp3) is 0.944. The van der Waals surface area contributed by atoms with Gasteiger partial charge in [-0.05, 0) is 19.8 Å². The quantitative estimate of drug-likeness (QED) is 0.229. The second kappa shape index (κ2) is 12.8. The Balaban J connectivity index is 4.99. The molecule has 0 saturated heterocycles. The summed E-state index contributed by atoms with van der Waals surface area (Å²) in [6.45, 7) is 4.08. The molecular weight excluding hydrogens is 519 g/mol. The number of hydrogen-bond acceptors (Lipinski definition) is 6. The van der Waals surface area contributed by atoms with Crippen LogP contribution in [0.2, 0.25) is 0 Å². The first-order valence-corrected chi connectivity index (χ1v) is 9.92. The number of carbonyl (C=O) groups is 1. The fourth-order valence-electron chi connectivity index (χ4n) is 2.25. The molecule has 0 spiro atoms. The van der Waals surface area contributed by atoms with E-state index in [2.05, 4.69) is 4.74 Å². The van der Waals surface area contributed by atoms with Gasteiger partial charge < -0.3 is 19.9 Å². The van der Waals surface area contributed by atoms with Crippen LogP contribution < -0.4 is 5.73 Å². The number of ether oxygens (including phenoxy) is 4. The topological polar surface area (TPSA) is 80.0 Å². The highest BCUT2D eigenvalue weighted by Gasteiger charge is 2.79. The van der Waals surface area contributed by atoms with Crippen LogP contribution in [0, 0.1) is 5.92 Å². The Hall–Kier alpha value is -1.30. The largest absolute Gasteiger partial charge is 0.462 e. The minimum atomic E-state index is -7.23. The minimum absolute atomic E-state index is 0.120. The molecular formula is C18H26F11NO5. The summed E-state index contributed by atoms with van der Waals surface area (Å²) in [5.41, 5.74) is 5.46. The average Bonchev–Trinajstić information content (AvgIpc) is 2.64. The molecule has 0 aliphatic carbocycles. The van der Waals surface area contributed by atoms with E-state index in [1.54, 1.807) is 6.92 Å². The van der Waals surface area contributed by atoms with Crippen LogP contribution in [0.1, 0.15) is 27.2 Å². The maximum absolute atomic E-state index is 14.2. The van der Waals surface area contributed by atoms with Gasteiger partial charge in [0.1, 0.15) is 0 Å². The van der Waals surface area contributed by atoms with Crippen LogP contribution in [0.3, 0.4) is 0 Å². The number of ketones is 1. The highest BCUT2D eigenvalue weighted by atomic mass is 19.4. The second-order valence-corrected chi connectivity index (χ2v) is 7.79. The van der Waals surface area contributed by atoms with Crippen molar-refractivity contribution in [2.75, 3.05) is 33.0 Å². The van der Waals surface area contributed by atoms with E-state index in [-0.39, 0.29) is 32.5 Å². The van der Waals surface area contributed by atoms with E-state index in [1.165, 1.54) is 6.92 Å². The first kappa shape index (κ1) is 33.7. The van der Waals surface area contributed by atoms with Gasteiger partial charge in [0.15, 0.2) is 0 Å². The average molecular weight is 545 g/mol. The maximum Gasteiger partial charge on any atom is 0.462 e. The third-order valence-electron chi connectivity index (χ3n) is 4.01. The lowest BCUT2D eigenvalue weighted by Crippen LogP contribution is -2.61. The molecule has 0 aliphatic heterocycles. The van der Waals surface area contributed by atoms with Gasteiger partial charge in [0.05, 0.1) is 32.5 Å². The lowest BCUT2D eigenvalue weighted by Gasteiger charge is -2.34. The zero-order valence-corrected chi connectivity index (χ0v) is 18.8. The zero-order valence-electron chi connectivity index (χ0n) is 18.8. The van der Waals surface area contributed by atoms with Gasteiger partial charge in [-0.2, -0.15) is 48.3 Å². The Kier molecular flexibility index (Phi) is 12.3. The molecule has 0 aliphatic rings. The van der Waals surface area contributed by atoms with Crippen molar-refractivity contribution < 1.29 is 72.0 Å². The standard InChI is InChI=1S/C18H26F11NO5/c1-10(7-33-9-12(3)34-5-4-32-8-11(2)30)6-13(31)14(19,16(22,23)24)35-18(28,29)15(20,21)17(25,26)27/h10-12H,4-9,30H2,1-3H3. The van der Waals surface area contributed by atoms with E-state index >= 15 is 0 Å². The van der Waals surface area contributed by atoms with Crippen LogP contribution >= 0.6 is 0 Å². The Morgan fingerprint density at radius 1 is 0.771 bits per heavy atom. The Morgan fingerprint density at radius 3 is 1.77 bits per heavy atom. The Labute approximate surface area is 193 Å². The Bertz CT molecular complexity index is 658. The summed E-state index contributed by atoms with van der Waals surface area (Å²) < 4.78 is 159. The molecule has 0 rings (SSSR count). The van der Waals surface area contributed by atoms with Gasteiger partial charge in [-0.1, -0.05) is 6.92 Å². The van der Waals surface area contributed by atoms with Crippen LogP contribution in [0.25, 0.3) is 0 Å². The summed E-state index contributed by atoms with van der Waals surface area (Å²) in [7, 11) is 0. The van der Waals surface area contributed by atoms with Gasteiger partial charge in [0, 0.05) is 19.1 Å². The third kappa shape index (κ3) is 9.93. The van der Waals surface area contributed by atoms with E-state index in [0.29, 0.717) is 0 Å². The molecule has 4 unspecified atom stereocenters. The Morgan fingerprint density at radius 2 is 1.31 bits per heavy atom. The molecule has 210 valence electrons. The summed E-state index contributed by atoms with van der Waals surface area (Å²) in [5, 5.41) is 0. The van der Waals surface area contributed by atoms with Crippen LogP contribution in [-0.2, 0) is 23.7 Å². The molecule has 0 saturated carbocycles. The normalized spacial score (nSPS) is 18.1. The molecule has 4 atom stereocenters. The van der Waals surface area contributed by atoms with Crippen LogP contribution in [0.15, 0.2) is 0 Å². The van der Waals surface area contributed by atoms with Gasteiger partial charge in [0.25, 0.3) is 0 Å². The van der Waals surface area contributed by atoms with E-state index in [9.17, 15) is 53.1 Å². The molecule has 0 fully saturated rings. The molecule has 0 bridgehead atoms. The van der Waals surface area contributed by atoms with Crippen molar-refractivity contribution in [3.05, 3.63) is 0 Å². The van der Waals surface area contributed by atoms with Crippen molar-refractivity contribution in [1.29, 1.82) is 0 Å². The minimum Gasteiger partial charge on any atom is -0.378 e. The van der Waals surface area contributed by atoms with Crippen LogP contribution in [0.4, 0.5) is 48.3 Å². The number of carbonyl (C=O) groups excluding carboxylic acids is 1. The van der Waals surface area contributed by atoms with E-state index in [4.69, 9.17) is 19.9 Å². The zero-order chi connectivity index (χ0) is 27.9. The molecule has 6 nitrogen and oxygen atoms in total. The lowest BCUT2D eigenvalue weighted by atomic mass is 10.00. The van der Waals surface area contributed by atoms with Gasteiger partial charge in [-0.15, -0.1) is 0 Å². The predicted molar refractivity (Wildman–Crippen MR) is 96.4 cm³/mol. The SMILES string of the molecule is CC(N)COCCOC(C)COCC(C)CC(=O)C(F)(OC(F)(F)C(F)(F)C(F)(F)F)C(F)(F)F. The molecule has 17 heteroatoms. The highest BCUT2D eigenvalue weighted by Crippen LogP contribution is 2.51. The molecule has 0 aromatic heterocycles. The first-order chi connectivity index (χ1) is 15.6.